The Hall–Kier alpha value is -3.13. The van der Waals surface area contributed by atoms with Gasteiger partial charge in [0.25, 0.3) is 5.91 Å². The first-order valence-corrected chi connectivity index (χ1v) is 8.28. The molecule has 0 aromatic heterocycles. The van der Waals surface area contributed by atoms with Gasteiger partial charge in [0.15, 0.2) is 11.7 Å². The molecule has 3 N–H and O–H groups in total. The number of fused-ring (bicyclic) bond motifs is 1. The van der Waals surface area contributed by atoms with E-state index in [1.54, 1.807) is 13.2 Å². The van der Waals surface area contributed by atoms with Gasteiger partial charge in [0.05, 0.1) is 18.5 Å². The maximum absolute atomic E-state index is 11.4. The molecule has 134 valence electrons. The second-order valence-corrected chi connectivity index (χ2v) is 5.95. The Balaban J connectivity index is 1.65. The first-order chi connectivity index (χ1) is 12.5. The van der Waals surface area contributed by atoms with Crippen molar-refractivity contribution >= 4 is 40.3 Å². The molecule has 1 aliphatic rings. The summed E-state index contributed by atoms with van der Waals surface area (Å²) in [7, 11) is 1.61. The fourth-order valence-electron chi connectivity index (χ4n) is 2.37. The monoisotopic (exact) mass is 370 g/mol. The minimum Gasteiger partial charge on any atom is -0.497 e. The normalized spacial score (nSPS) is 13.2. The van der Waals surface area contributed by atoms with E-state index in [-0.39, 0.29) is 12.5 Å². The maximum atomic E-state index is 11.4. The number of hydrogen-bond donors (Lipinski definition) is 3. The average Bonchev–Trinajstić information content (AvgIpc) is 2.65. The SMILES string of the molecule is COc1cccc(NC(=S)N/N=C(/C)c2ccc3c(c2)NC(=O)CO3)c1. The third-order valence-corrected chi connectivity index (χ3v) is 3.88. The van der Waals surface area contributed by atoms with Crippen LogP contribution >= 0.6 is 12.2 Å². The van der Waals surface area contributed by atoms with E-state index in [0.717, 1.165) is 17.0 Å². The van der Waals surface area contributed by atoms with Crippen LogP contribution in [0.15, 0.2) is 47.6 Å². The zero-order valence-corrected chi connectivity index (χ0v) is 15.1. The van der Waals surface area contributed by atoms with Crippen molar-refractivity contribution in [3.8, 4) is 11.5 Å². The van der Waals surface area contributed by atoms with Gasteiger partial charge in [0, 0.05) is 11.8 Å². The Bertz CT molecular complexity index is 882. The van der Waals surface area contributed by atoms with Crippen molar-refractivity contribution in [2.45, 2.75) is 6.92 Å². The van der Waals surface area contributed by atoms with Crippen LogP contribution in [0.5, 0.6) is 11.5 Å². The summed E-state index contributed by atoms with van der Waals surface area (Å²) >= 11 is 5.25. The summed E-state index contributed by atoms with van der Waals surface area (Å²) in [5.74, 6) is 1.20. The van der Waals surface area contributed by atoms with Crippen LogP contribution in [-0.4, -0.2) is 30.4 Å². The molecule has 7 nitrogen and oxygen atoms in total. The molecule has 26 heavy (non-hydrogen) atoms. The van der Waals surface area contributed by atoms with Gasteiger partial charge in [-0.15, -0.1) is 0 Å². The highest BCUT2D eigenvalue weighted by atomic mass is 32.1. The Morgan fingerprint density at radius 1 is 1.31 bits per heavy atom. The minimum absolute atomic E-state index is 0.0329. The summed E-state index contributed by atoms with van der Waals surface area (Å²) in [6, 6.07) is 12.9. The minimum atomic E-state index is -0.175. The van der Waals surface area contributed by atoms with Crippen molar-refractivity contribution in [3.05, 3.63) is 48.0 Å². The Kier molecular flexibility index (Phi) is 5.33. The highest BCUT2D eigenvalue weighted by Crippen LogP contribution is 2.28. The zero-order chi connectivity index (χ0) is 18.5. The molecular formula is C18H18N4O3S. The van der Waals surface area contributed by atoms with Crippen LogP contribution in [0.1, 0.15) is 12.5 Å². The number of hydrazone groups is 1. The number of thiocarbonyl (C=S) groups is 1. The average molecular weight is 370 g/mol. The Morgan fingerprint density at radius 3 is 2.96 bits per heavy atom. The predicted molar refractivity (Wildman–Crippen MR) is 105 cm³/mol. The number of carbonyl (C=O) groups excluding carboxylic acids is 1. The number of hydrogen-bond acceptors (Lipinski definition) is 5. The molecule has 2 aromatic rings. The number of rotatable bonds is 4. The van der Waals surface area contributed by atoms with Gasteiger partial charge < -0.3 is 20.1 Å². The fraction of sp³-hybridized carbons (Fsp3) is 0.167. The second kappa shape index (κ2) is 7.83. The number of anilines is 2. The van der Waals surface area contributed by atoms with Gasteiger partial charge in [0.1, 0.15) is 11.5 Å². The Labute approximate surface area is 156 Å². The molecule has 0 saturated carbocycles. The largest absolute Gasteiger partial charge is 0.497 e. The van der Waals surface area contributed by atoms with E-state index in [1.165, 1.54) is 0 Å². The number of amides is 1. The lowest BCUT2D eigenvalue weighted by atomic mass is 10.1. The molecule has 0 spiro atoms. The van der Waals surface area contributed by atoms with E-state index in [0.29, 0.717) is 22.3 Å². The van der Waals surface area contributed by atoms with E-state index in [4.69, 9.17) is 21.7 Å². The van der Waals surface area contributed by atoms with E-state index < -0.39 is 0 Å². The molecule has 8 heteroatoms. The zero-order valence-electron chi connectivity index (χ0n) is 14.3. The number of carbonyl (C=O) groups is 1. The van der Waals surface area contributed by atoms with Crippen molar-refractivity contribution in [1.29, 1.82) is 0 Å². The van der Waals surface area contributed by atoms with Gasteiger partial charge in [-0.25, -0.2) is 0 Å². The summed E-state index contributed by atoms with van der Waals surface area (Å²) in [5.41, 5.74) is 5.78. The Morgan fingerprint density at radius 2 is 2.15 bits per heavy atom. The molecule has 0 unspecified atom stereocenters. The molecule has 0 aliphatic carbocycles. The van der Waals surface area contributed by atoms with Crippen molar-refractivity contribution in [3.63, 3.8) is 0 Å². The molecule has 0 bridgehead atoms. The number of nitrogens with one attached hydrogen (secondary N) is 3. The van der Waals surface area contributed by atoms with Gasteiger partial charge in [0.2, 0.25) is 0 Å². The van der Waals surface area contributed by atoms with Crippen LogP contribution < -0.4 is 25.5 Å². The van der Waals surface area contributed by atoms with Crippen LogP contribution in [-0.2, 0) is 4.79 Å². The third-order valence-electron chi connectivity index (χ3n) is 3.68. The van der Waals surface area contributed by atoms with Crippen molar-refractivity contribution in [2.75, 3.05) is 24.4 Å². The van der Waals surface area contributed by atoms with E-state index in [1.807, 2.05) is 43.3 Å². The summed E-state index contributed by atoms with van der Waals surface area (Å²) < 4.78 is 10.5. The topological polar surface area (TPSA) is 84.0 Å². The lowest BCUT2D eigenvalue weighted by Crippen LogP contribution is -2.26. The highest BCUT2D eigenvalue weighted by molar-refractivity contribution is 7.80. The molecule has 1 heterocycles. The van der Waals surface area contributed by atoms with Crippen molar-refractivity contribution in [2.24, 2.45) is 5.10 Å². The quantitative estimate of drug-likeness (QED) is 0.436. The third kappa shape index (κ3) is 4.28. The summed E-state index contributed by atoms with van der Waals surface area (Å²) in [6.45, 7) is 1.87. The van der Waals surface area contributed by atoms with E-state index in [9.17, 15) is 4.79 Å². The number of benzene rings is 2. The number of nitrogens with zero attached hydrogens (tertiary/aromatic N) is 1. The number of ether oxygens (including phenoxy) is 2. The maximum Gasteiger partial charge on any atom is 0.262 e. The van der Waals surface area contributed by atoms with Crippen molar-refractivity contribution in [1.82, 2.24) is 5.43 Å². The van der Waals surface area contributed by atoms with Crippen molar-refractivity contribution < 1.29 is 14.3 Å². The van der Waals surface area contributed by atoms with Crippen LogP contribution in [0.25, 0.3) is 0 Å². The predicted octanol–water partition coefficient (Wildman–Crippen LogP) is 2.74. The van der Waals surface area contributed by atoms with E-state index >= 15 is 0 Å². The van der Waals surface area contributed by atoms with Gasteiger partial charge in [-0.3, -0.25) is 10.2 Å². The first-order valence-electron chi connectivity index (χ1n) is 7.87. The van der Waals surface area contributed by atoms with Gasteiger partial charge >= 0.3 is 0 Å². The fourth-order valence-corrected chi connectivity index (χ4v) is 2.53. The first kappa shape index (κ1) is 17.7. The van der Waals surface area contributed by atoms with Gasteiger partial charge in [-0.2, -0.15) is 5.10 Å². The lowest BCUT2D eigenvalue weighted by molar-refractivity contribution is -0.118. The summed E-state index contributed by atoms with van der Waals surface area (Å²) in [5, 5.41) is 10.4. The van der Waals surface area contributed by atoms with E-state index in [2.05, 4.69) is 21.2 Å². The second-order valence-electron chi connectivity index (χ2n) is 5.54. The van der Waals surface area contributed by atoms with Gasteiger partial charge in [-0.1, -0.05) is 6.07 Å². The highest BCUT2D eigenvalue weighted by Gasteiger charge is 2.16. The molecule has 1 amide bonds. The lowest BCUT2D eigenvalue weighted by Gasteiger charge is -2.18. The molecule has 0 atom stereocenters. The summed E-state index contributed by atoms with van der Waals surface area (Å²) in [4.78, 5) is 11.4. The van der Waals surface area contributed by atoms with Crippen LogP contribution in [0.3, 0.4) is 0 Å². The number of methoxy groups -OCH3 is 1. The molecule has 0 saturated heterocycles. The molecular weight excluding hydrogens is 352 g/mol. The van der Waals surface area contributed by atoms with Crippen LogP contribution in [0.2, 0.25) is 0 Å². The smallest absolute Gasteiger partial charge is 0.262 e. The molecule has 1 aliphatic heterocycles. The summed E-state index contributed by atoms with van der Waals surface area (Å²) in [6.07, 6.45) is 0. The molecule has 2 aromatic carbocycles. The van der Waals surface area contributed by atoms with Gasteiger partial charge in [-0.05, 0) is 55.0 Å². The van der Waals surface area contributed by atoms with Crippen LogP contribution in [0, 0.1) is 0 Å². The standard InChI is InChI=1S/C18H18N4O3S/c1-11(12-6-7-16-15(8-12)20-17(23)10-25-16)21-22-18(26)19-13-4-3-5-14(9-13)24-2/h3-9H,10H2,1-2H3,(H,20,23)(H2,19,22,26)/b21-11-. The van der Waals surface area contributed by atoms with Crippen LogP contribution in [0.4, 0.5) is 11.4 Å². The molecule has 0 fully saturated rings. The molecule has 3 rings (SSSR count). The molecule has 0 radical (unpaired) electrons.